The summed E-state index contributed by atoms with van der Waals surface area (Å²) in [7, 11) is 0. The maximum absolute atomic E-state index is 11.2. The van der Waals surface area contributed by atoms with Crippen LogP contribution in [0.3, 0.4) is 0 Å². The normalized spacial score (nSPS) is 18.4. The van der Waals surface area contributed by atoms with Crippen LogP contribution in [0.1, 0.15) is 20.3 Å². The summed E-state index contributed by atoms with van der Waals surface area (Å²) in [5, 5.41) is 3.27. The van der Waals surface area contributed by atoms with Crippen LogP contribution in [-0.2, 0) is 9.53 Å². The standard InChI is InChI=1S/C15H21NO4/c1-3-18-15(17)8-9-16-11(2)14-10-19-12-6-4-5-7-13(12)20-14/h4-7,11,14,16H,3,8-10H2,1-2H3/t11-,14+/m0/s1. The van der Waals surface area contributed by atoms with Crippen LogP contribution in [0.4, 0.5) is 0 Å². The molecule has 0 saturated carbocycles. The fourth-order valence-corrected chi connectivity index (χ4v) is 2.05. The Hall–Kier alpha value is -1.75. The molecule has 0 aliphatic carbocycles. The summed E-state index contributed by atoms with van der Waals surface area (Å²) in [6.07, 6.45) is 0.301. The lowest BCUT2D eigenvalue weighted by atomic mass is 10.1. The summed E-state index contributed by atoms with van der Waals surface area (Å²) in [6, 6.07) is 7.72. The fourth-order valence-electron chi connectivity index (χ4n) is 2.05. The highest BCUT2D eigenvalue weighted by atomic mass is 16.6. The second-order valence-corrected chi connectivity index (χ2v) is 4.71. The van der Waals surface area contributed by atoms with Crippen molar-refractivity contribution >= 4 is 5.97 Å². The van der Waals surface area contributed by atoms with E-state index in [1.807, 2.05) is 31.2 Å². The van der Waals surface area contributed by atoms with Crippen molar-refractivity contribution in [3.05, 3.63) is 24.3 Å². The van der Waals surface area contributed by atoms with Crippen molar-refractivity contribution in [1.29, 1.82) is 0 Å². The Bertz CT molecular complexity index is 449. The van der Waals surface area contributed by atoms with Gasteiger partial charge in [0.2, 0.25) is 0 Å². The monoisotopic (exact) mass is 279 g/mol. The third-order valence-electron chi connectivity index (χ3n) is 3.19. The van der Waals surface area contributed by atoms with Crippen LogP contribution >= 0.6 is 0 Å². The largest absolute Gasteiger partial charge is 0.486 e. The molecule has 2 atom stereocenters. The second kappa shape index (κ2) is 7.14. The first-order chi connectivity index (χ1) is 9.70. The lowest BCUT2D eigenvalue weighted by molar-refractivity contribution is -0.143. The number of rotatable bonds is 6. The molecule has 1 aromatic rings. The molecule has 0 unspecified atom stereocenters. The molecule has 0 radical (unpaired) electrons. The Morgan fingerprint density at radius 3 is 2.95 bits per heavy atom. The molecular formula is C15H21NO4. The van der Waals surface area contributed by atoms with Gasteiger partial charge in [-0.3, -0.25) is 4.79 Å². The number of carbonyl (C=O) groups is 1. The number of nitrogens with one attached hydrogen (secondary N) is 1. The average molecular weight is 279 g/mol. The first kappa shape index (κ1) is 14.7. The van der Waals surface area contributed by atoms with E-state index in [9.17, 15) is 4.79 Å². The van der Waals surface area contributed by atoms with Crippen molar-refractivity contribution in [2.45, 2.75) is 32.4 Å². The Kier molecular flexibility index (Phi) is 5.24. The number of fused-ring (bicyclic) bond motifs is 1. The van der Waals surface area contributed by atoms with Crippen molar-refractivity contribution in [2.24, 2.45) is 0 Å². The van der Waals surface area contributed by atoms with E-state index in [1.54, 1.807) is 6.92 Å². The van der Waals surface area contributed by atoms with Crippen molar-refractivity contribution in [3.8, 4) is 11.5 Å². The van der Waals surface area contributed by atoms with Gasteiger partial charge in [0.25, 0.3) is 0 Å². The highest BCUT2D eigenvalue weighted by molar-refractivity contribution is 5.69. The molecule has 20 heavy (non-hydrogen) atoms. The third-order valence-corrected chi connectivity index (χ3v) is 3.19. The van der Waals surface area contributed by atoms with Crippen LogP contribution < -0.4 is 14.8 Å². The van der Waals surface area contributed by atoms with Gasteiger partial charge in [-0.2, -0.15) is 0 Å². The summed E-state index contributed by atoms with van der Waals surface area (Å²) in [5.41, 5.74) is 0. The minimum Gasteiger partial charge on any atom is -0.486 e. The second-order valence-electron chi connectivity index (χ2n) is 4.71. The molecule has 0 fully saturated rings. The Balaban J connectivity index is 1.77. The molecule has 110 valence electrons. The van der Waals surface area contributed by atoms with Gasteiger partial charge in [0.05, 0.1) is 13.0 Å². The van der Waals surface area contributed by atoms with E-state index >= 15 is 0 Å². The molecule has 1 N–H and O–H groups in total. The maximum atomic E-state index is 11.2. The molecule has 0 aromatic heterocycles. The van der Waals surface area contributed by atoms with Gasteiger partial charge in [-0.1, -0.05) is 12.1 Å². The van der Waals surface area contributed by atoms with Gasteiger partial charge < -0.3 is 19.5 Å². The van der Waals surface area contributed by atoms with Crippen LogP contribution in [0.15, 0.2) is 24.3 Å². The minimum atomic E-state index is -0.182. The molecule has 1 aromatic carbocycles. The van der Waals surface area contributed by atoms with Gasteiger partial charge in [-0.05, 0) is 26.0 Å². The van der Waals surface area contributed by atoms with E-state index in [1.165, 1.54) is 0 Å². The van der Waals surface area contributed by atoms with Crippen molar-refractivity contribution in [2.75, 3.05) is 19.8 Å². The zero-order valence-electron chi connectivity index (χ0n) is 11.9. The summed E-state index contributed by atoms with van der Waals surface area (Å²) in [4.78, 5) is 11.2. The first-order valence-corrected chi connectivity index (χ1v) is 6.98. The van der Waals surface area contributed by atoms with Crippen molar-refractivity contribution in [1.82, 2.24) is 5.32 Å². The number of esters is 1. The molecule has 0 saturated heterocycles. The van der Waals surface area contributed by atoms with Crippen LogP contribution in [0, 0.1) is 0 Å². The van der Waals surface area contributed by atoms with E-state index in [2.05, 4.69) is 5.32 Å². The van der Waals surface area contributed by atoms with Gasteiger partial charge in [0.15, 0.2) is 11.5 Å². The fraction of sp³-hybridized carbons (Fsp3) is 0.533. The molecule has 5 nitrogen and oxygen atoms in total. The van der Waals surface area contributed by atoms with Gasteiger partial charge in [-0.25, -0.2) is 0 Å². The first-order valence-electron chi connectivity index (χ1n) is 6.98. The molecule has 1 aliphatic heterocycles. The average Bonchev–Trinajstić information content (AvgIpc) is 2.47. The van der Waals surface area contributed by atoms with Crippen LogP contribution in [0.25, 0.3) is 0 Å². The van der Waals surface area contributed by atoms with Crippen LogP contribution in [-0.4, -0.2) is 37.9 Å². The molecule has 1 aliphatic rings. The zero-order chi connectivity index (χ0) is 14.4. The van der Waals surface area contributed by atoms with E-state index in [0.717, 1.165) is 11.5 Å². The molecule has 0 bridgehead atoms. The Morgan fingerprint density at radius 1 is 1.45 bits per heavy atom. The molecule has 0 amide bonds. The van der Waals surface area contributed by atoms with E-state index < -0.39 is 0 Å². The van der Waals surface area contributed by atoms with E-state index in [-0.39, 0.29) is 18.1 Å². The lowest BCUT2D eigenvalue weighted by Crippen LogP contribution is -2.46. The highest BCUT2D eigenvalue weighted by Gasteiger charge is 2.25. The quantitative estimate of drug-likeness (QED) is 0.804. The third kappa shape index (κ3) is 3.87. The number of benzene rings is 1. The molecule has 2 rings (SSSR count). The SMILES string of the molecule is CCOC(=O)CCN[C@@H](C)[C@H]1COc2ccccc2O1. The Labute approximate surface area is 119 Å². The van der Waals surface area contributed by atoms with Crippen molar-refractivity contribution < 1.29 is 19.0 Å². The lowest BCUT2D eigenvalue weighted by Gasteiger charge is -2.30. The summed E-state index contributed by atoms with van der Waals surface area (Å²) < 4.78 is 16.4. The maximum Gasteiger partial charge on any atom is 0.307 e. The smallest absolute Gasteiger partial charge is 0.307 e. The van der Waals surface area contributed by atoms with E-state index in [4.69, 9.17) is 14.2 Å². The number of carbonyl (C=O) groups excluding carboxylic acids is 1. The molecule has 1 heterocycles. The number of para-hydroxylation sites is 2. The Morgan fingerprint density at radius 2 is 2.20 bits per heavy atom. The number of hydrogen-bond donors (Lipinski definition) is 1. The van der Waals surface area contributed by atoms with Gasteiger partial charge >= 0.3 is 5.97 Å². The summed E-state index contributed by atoms with van der Waals surface area (Å²) >= 11 is 0. The topological polar surface area (TPSA) is 56.8 Å². The van der Waals surface area contributed by atoms with Crippen LogP contribution in [0.2, 0.25) is 0 Å². The summed E-state index contributed by atoms with van der Waals surface area (Å²) in [6.45, 7) is 5.32. The summed E-state index contributed by atoms with van der Waals surface area (Å²) in [5.74, 6) is 1.36. The van der Waals surface area contributed by atoms with Crippen molar-refractivity contribution in [3.63, 3.8) is 0 Å². The predicted octanol–water partition coefficient (Wildman–Crippen LogP) is 1.76. The van der Waals surface area contributed by atoms with Gasteiger partial charge in [-0.15, -0.1) is 0 Å². The number of ether oxygens (including phenoxy) is 3. The van der Waals surface area contributed by atoms with Gasteiger partial charge in [0.1, 0.15) is 12.7 Å². The molecule has 0 spiro atoms. The number of hydrogen-bond acceptors (Lipinski definition) is 5. The van der Waals surface area contributed by atoms with Crippen LogP contribution in [0.5, 0.6) is 11.5 Å². The van der Waals surface area contributed by atoms with Gasteiger partial charge in [0, 0.05) is 12.6 Å². The minimum absolute atomic E-state index is 0.0629. The van der Waals surface area contributed by atoms with E-state index in [0.29, 0.717) is 26.2 Å². The molecule has 5 heteroatoms. The zero-order valence-corrected chi connectivity index (χ0v) is 11.9. The highest BCUT2D eigenvalue weighted by Crippen LogP contribution is 2.31. The molecular weight excluding hydrogens is 258 g/mol. The predicted molar refractivity (Wildman–Crippen MR) is 75.1 cm³/mol.